The first kappa shape index (κ1) is 13.0. The summed E-state index contributed by atoms with van der Waals surface area (Å²) < 4.78 is 6.11. The highest BCUT2D eigenvalue weighted by Crippen LogP contribution is 2.43. The maximum atomic E-state index is 6.11. The second kappa shape index (κ2) is 5.55. The van der Waals surface area contributed by atoms with Gasteiger partial charge in [-0.25, -0.2) is 0 Å². The van der Waals surface area contributed by atoms with Crippen molar-refractivity contribution in [3.63, 3.8) is 0 Å². The lowest BCUT2D eigenvalue weighted by molar-refractivity contribution is 0.291. The fourth-order valence-corrected chi connectivity index (χ4v) is 2.53. The second-order valence-corrected chi connectivity index (χ2v) is 4.98. The highest BCUT2D eigenvalue weighted by Gasteiger charge is 2.19. The molecule has 0 bridgehead atoms. The molecule has 0 amide bonds. The maximum absolute atomic E-state index is 6.11. The van der Waals surface area contributed by atoms with E-state index in [1.807, 2.05) is 24.3 Å². The third-order valence-corrected chi connectivity index (χ3v) is 3.75. The summed E-state index contributed by atoms with van der Waals surface area (Å²) in [5.74, 6) is 1.85. The van der Waals surface area contributed by atoms with Crippen LogP contribution in [0.4, 0.5) is 11.4 Å². The average Bonchev–Trinajstić information content (AvgIpc) is 2.50. The molecule has 3 heteroatoms. The Bertz CT molecular complexity index is 606. The lowest BCUT2D eigenvalue weighted by Gasteiger charge is -2.26. The van der Waals surface area contributed by atoms with Crippen molar-refractivity contribution in [1.82, 2.24) is 4.90 Å². The summed E-state index contributed by atoms with van der Waals surface area (Å²) in [6, 6.07) is 14.3. The van der Waals surface area contributed by atoms with Crippen molar-refractivity contribution in [1.29, 1.82) is 0 Å². The Kier molecular flexibility index (Phi) is 3.61. The van der Waals surface area contributed by atoms with Gasteiger partial charge in [0.15, 0.2) is 11.5 Å². The number of ether oxygens (including phenoxy) is 1. The molecule has 0 spiro atoms. The third-order valence-electron chi connectivity index (χ3n) is 3.75. The van der Waals surface area contributed by atoms with Crippen LogP contribution in [0.5, 0.6) is 11.5 Å². The molecular formula is C17H20N2O. The van der Waals surface area contributed by atoms with Gasteiger partial charge in [0.05, 0.1) is 11.4 Å². The second-order valence-electron chi connectivity index (χ2n) is 4.98. The van der Waals surface area contributed by atoms with Crippen molar-refractivity contribution in [2.45, 2.75) is 20.4 Å². The highest BCUT2D eigenvalue weighted by molar-refractivity contribution is 5.76. The molecule has 1 aliphatic rings. The van der Waals surface area contributed by atoms with Crippen LogP contribution in [0.2, 0.25) is 0 Å². The molecule has 0 aliphatic carbocycles. The Labute approximate surface area is 120 Å². The van der Waals surface area contributed by atoms with E-state index in [2.05, 4.69) is 42.3 Å². The van der Waals surface area contributed by atoms with E-state index in [0.29, 0.717) is 0 Å². The van der Waals surface area contributed by atoms with E-state index in [1.54, 1.807) is 0 Å². The summed E-state index contributed by atoms with van der Waals surface area (Å²) in [7, 11) is 0. The number of hydrogen-bond donors (Lipinski definition) is 1. The van der Waals surface area contributed by atoms with Crippen molar-refractivity contribution in [2.24, 2.45) is 0 Å². The standard InChI is InChI=1S/C17H20N2O/c1-3-19(4-2)12-13-8-7-10-15-17(13)20-16-11-6-5-9-14(16)18-15/h5-11,18H,3-4,12H2,1-2H3. The monoisotopic (exact) mass is 268 g/mol. The molecule has 0 saturated carbocycles. The largest absolute Gasteiger partial charge is 0.453 e. The number of rotatable bonds is 4. The Hall–Kier alpha value is -2.00. The van der Waals surface area contributed by atoms with E-state index in [0.717, 1.165) is 42.5 Å². The van der Waals surface area contributed by atoms with E-state index in [1.165, 1.54) is 5.56 Å². The number of hydrogen-bond acceptors (Lipinski definition) is 3. The normalized spacial score (nSPS) is 12.3. The van der Waals surface area contributed by atoms with Crippen LogP contribution in [-0.2, 0) is 6.54 Å². The van der Waals surface area contributed by atoms with Crippen LogP contribution >= 0.6 is 0 Å². The van der Waals surface area contributed by atoms with Gasteiger partial charge in [-0.05, 0) is 31.3 Å². The van der Waals surface area contributed by atoms with Crippen LogP contribution in [0.15, 0.2) is 42.5 Å². The Morgan fingerprint density at radius 1 is 0.950 bits per heavy atom. The molecule has 0 aromatic heterocycles. The van der Waals surface area contributed by atoms with Gasteiger partial charge in [-0.3, -0.25) is 4.90 Å². The molecule has 2 aromatic rings. The third kappa shape index (κ3) is 2.37. The van der Waals surface area contributed by atoms with Crippen LogP contribution in [0, 0.1) is 0 Å². The average molecular weight is 268 g/mol. The first-order valence-corrected chi connectivity index (χ1v) is 7.20. The fraction of sp³-hybridized carbons (Fsp3) is 0.294. The van der Waals surface area contributed by atoms with Gasteiger partial charge in [-0.15, -0.1) is 0 Å². The zero-order chi connectivity index (χ0) is 13.9. The van der Waals surface area contributed by atoms with Crippen molar-refractivity contribution >= 4 is 11.4 Å². The lowest BCUT2D eigenvalue weighted by Crippen LogP contribution is -2.22. The molecule has 0 unspecified atom stereocenters. The van der Waals surface area contributed by atoms with Gasteiger partial charge in [-0.2, -0.15) is 0 Å². The minimum Gasteiger partial charge on any atom is -0.453 e. The van der Waals surface area contributed by atoms with Crippen LogP contribution in [-0.4, -0.2) is 18.0 Å². The Morgan fingerprint density at radius 2 is 1.70 bits per heavy atom. The maximum Gasteiger partial charge on any atom is 0.155 e. The predicted octanol–water partition coefficient (Wildman–Crippen LogP) is 4.38. The van der Waals surface area contributed by atoms with E-state index in [-0.39, 0.29) is 0 Å². The number of para-hydroxylation sites is 3. The molecule has 1 heterocycles. The summed E-state index contributed by atoms with van der Waals surface area (Å²) in [4.78, 5) is 2.39. The first-order valence-electron chi connectivity index (χ1n) is 7.20. The molecule has 0 atom stereocenters. The van der Waals surface area contributed by atoms with Crippen LogP contribution < -0.4 is 10.1 Å². The number of fused-ring (bicyclic) bond motifs is 2. The summed E-state index contributed by atoms with van der Waals surface area (Å²) in [5, 5.41) is 3.45. The van der Waals surface area contributed by atoms with Gasteiger partial charge < -0.3 is 10.1 Å². The zero-order valence-electron chi connectivity index (χ0n) is 12.0. The van der Waals surface area contributed by atoms with Crippen molar-refractivity contribution in [3.05, 3.63) is 48.0 Å². The quantitative estimate of drug-likeness (QED) is 0.760. The van der Waals surface area contributed by atoms with Crippen LogP contribution in [0.25, 0.3) is 0 Å². The lowest BCUT2D eigenvalue weighted by atomic mass is 10.1. The summed E-state index contributed by atoms with van der Waals surface area (Å²) in [6.07, 6.45) is 0. The highest BCUT2D eigenvalue weighted by atomic mass is 16.5. The molecule has 2 aromatic carbocycles. The zero-order valence-corrected chi connectivity index (χ0v) is 12.0. The Balaban J connectivity index is 1.93. The topological polar surface area (TPSA) is 24.5 Å². The van der Waals surface area contributed by atoms with Gasteiger partial charge in [0, 0.05) is 12.1 Å². The molecule has 3 rings (SSSR count). The predicted molar refractivity (Wildman–Crippen MR) is 82.9 cm³/mol. The molecule has 20 heavy (non-hydrogen) atoms. The van der Waals surface area contributed by atoms with Crippen LogP contribution in [0.3, 0.4) is 0 Å². The van der Waals surface area contributed by atoms with Gasteiger partial charge in [-0.1, -0.05) is 38.1 Å². The number of benzene rings is 2. The number of nitrogens with one attached hydrogen (secondary N) is 1. The first-order chi connectivity index (χ1) is 9.81. The fourth-order valence-electron chi connectivity index (χ4n) is 2.53. The molecule has 0 saturated heterocycles. The SMILES string of the molecule is CCN(CC)Cc1cccc2c1Oc1ccccc1N2. The van der Waals surface area contributed by atoms with E-state index < -0.39 is 0 Å². The van der Waals surface area contributed by atoms with E-state index in [4.69, 9.17) is 4.74 Å². The van der Waals surface area contributed by atoms with Gasteiger partial charge in [0.2, 0.25) is 0 Å². The minimum atomic E-state index is 0.895. The van der Waals surface area contributed by atoms with E-state index >= 15 is 0 Å². The molecule has 1 N–H and O–H groups in total. The van der Waals surface area contributed by atoms with E-state index in [9.17, 15) is 0 Å². The number of anilines is 2. The molecule has 0 fully saturated rings. The molecule has 104 valence electrons. The van der Waals surface area contributed by atoms with Crippen LogP contribution in [0.1, 0.15) is 19.4 Å². The summed E-state index contributed by atoms with van der Waals surface area (Å²) in [6.45, 7) is 7.38. The van der Waals surface area contributed by atoms with Gasteiger partial charge in [0.1, 0.15) is 0 Å². The minimum absolute atomic E-state index is 0.895. The smallest absolute Gasteiger partial charge is 0.155 e. The summed E-state index contributed by atoms with van der Waals surface area (Å²) in [5.41, 5.74) is 3.31. The van der Waals surface area contributed by atoms with Crippen molar-refractivity contribution in [2.75, 3.05) is 18.4 Å². The van der Waals surface area contributed by atoms with Crippen molar-refractivity contribution < 1.29 is 4.74 Å². The van der Waals surface area contributed by atoms with Gasteiger partial charge in [0.25, 0.3) is 0 Å². The Morgan fingerprint density at radius 3 is 2.50 bits per heavy atom. The molecule has 3 nitrogen and oxygen atoms in total. The molecule has 0 radical (unpaired) electrons. The molecule has 1 aliphatic heterocycles. The van der Waals surface area contributed by atoms with Crippen molar-refractivity contribution in [3.8, 4) is 11.5 Å². The number of nitrogens with zero attached hydrogens (tertiary/aromatic N) is 1. The summed E-state index contributed by atoms with van der Waals surface area (Å²) >= 11 is 0. The molecular weight excluding hydrogens is 248 g/mol. The van der Waals surface area contributed by atoms with Gasteiger partial charge >= 0.3 is 0 Å².